The Morgan fingerprint density at radius 1 is 1.00 bits per heavy atom. The first-order valence-corrected chi connectivity index (χ1v) is 12.3. The Labute approximate surface area is 212 Å². The SMILES string of the molecule is Cn1ccnc1C(NC(=O)CSc1nnc(-c2ccccc2)n1-c1ccccc1)c1cccc(F)c1. The Balaban J connectivity index is 1.39. The fraction of sp³-hybridized carbons (Fsp3) is 0.111. The molecule has 0 spiro atoms. The number of nitrogens with zero attached hydrogens (tertiary/aromatic N) is 5. The van der Waals surface area contributed by atoms with Crippen LogP contribution >= 0.6 is 11.8 Å². The van der Waals surface area contributed by atoms with Crippen LogP contribution in [0.4, 0.5) is 4.39 Å². The van der Waals surface area contributed by atoms with E-state index in [1.165, 1.54) is 23.9 Å². The van der Waals surface area contributed by atoms with Crippen LogP contribution in [-0.2, 0) is 11.8 Å². The number of thioether (sulfide) groups is 1. The number of nitrogens with one attached hydrogen (secondary N) is 1. The summed E-state index contributed by atoms with van der Waals surface area (Å²) in [4.78, 5) is 17.5. The molecule has 5 aromatic rings. The number of halogens is 1. The standard InChI is InChI=1S/C27H23FN6OS/c1-33-16-15-29-26(33)24(20-11-8-12-21(28)17-20)30-23(35)18-36-27-32-31-25(19-9-4-2-5-10-19)34(27)22-13-6-3-7-14-22/h2-17,24H,18H2,1H3,(H,30,35). The molecule has 2 heterocycles. The van der Waals surface area contributed by atoms with Crippen molar-refractivity contribution in [1.82, 2.24) is 29.6 Å². The molecule has 0 radical (unpaired) electrons. The molecule has 7 nitrogen and oxygen atoms in total. The molecule has 0 aliphatic rings. The first kappa shape index (κ1) is 23.5. The van der Waals surface area contributed by atoms with Gasteiger partial charge in [0.2, 0.25) is 5.91 Å². The van der Waals surface area contributed by atoms with E-state index < -0.39 is 6.04 Å². The molecular weight excluding hydrogens is 475 g/mol. The van der Waals surface area contributed by atoms with E-state index in [1.807, 2.05) is 72.3 Å². The maximum atomic E-state index is 14.0. The van der Waals surface area contributed by atoms with Crippen LogP contribution in [0.2, 0.25) is 0 Å². The molecule has 0 bridgehead atoms. The van der Waals surface area contributed by atoms with Crippen molar-refractivity contribution < 1.29 is 9.18 Å². The van der Waals surface area contributed by atoms with Crippen molar-refractivity contribution in [3.63, 3.8) is 0 Å². The Kier molecular flexibility index (Phi) is 6.90. The van der Waals surface area contributed by atoms with Crippen molar-refractivity contribution in [1.29, 1.82) is 0 Å². The molecule has 1 amide bonds. The van der Waals surface area contributed by atoms with E-state index in [9.17, 15) is 9.18 Å². The highest BCUT2D eigenvalue weighted by atomic mass is 32.2. The lowest BCUT2D eigenvalue weighted by atomic mass is 10.1. The fourth-order valence-corrected chi connectivity index (χ4v) is 4.68. The molecule has 2 aromatic heterocycles. The zero-order valence-corrected chi connectivity index (χ0v) is 20.3. The van der Waals surface area contributed by atoms with Gasteiger partial charge in [0.25, 0.3) is 0 Å². The van der Waals surface area contributed by atoms with E-state index in [4.69, 9.17) is 0 Å². The molecule has 1 unspecified atom stereocenters. The third kappa shape index (κ3) is 5.06. The highest BCUT2D eigenvalue weighted by Crippen LogP contribution is 2.28. The topological polar surface area (TPSA) is 77.6 Å². The quantitative estimate of drug-likeness (QED) is 0.311. The van der Waals surface area contributed by atoms with Crippen LogP contribution in [0.25, 0.3) is 17.1 Å². The summed E-state index contributed by atoms with van der Waals surface area (Å²) in [5, 5.41) is 12.4. The molecule has 180 valence electrons. The lowest BCUT2D eigenvalue weighted by Crippen LogP contribution is -2.32. The molecule has 1 atom stereocenters. The fourth-order valence-electron chi connectivity index (χ4n) is 3.92. The van der Waals surface area contributed by atoms with Gasteiger partial charge in [0, 0.05) is 30.7 Å². The highest BCUT2D eigenvalue weighted by Gasteiger charge is 2.23. The zero-order chi connectivity index (χ0) is 24.9. The van der Waals surface area contributed by atoms with Crippen LogP contribution < -0.4 is 5.32 Å². The molecule has 1 N–H and O–H groups in total. The first-order chi connectivity index (χ1) is 17.6. The third-order valence-corrected chi connectivity index (χ3v) is 6.55. The summed E-state index contributed by atoms with van der Waals surface area (Å²) >= 11 is 1.28. The number of hydrogen-bond acceptors (Lipinski definition) is 5. The van der Waals surface area contributed by atoms with Gasteiger partial charge in [-0.15, -0.1) is 10.2 Å². The van der Waals surface area contributed by atoms with E-state index in [0.29, 0.717) is 22.4 Å². The van der Waals surface area contributed by atoms with Crippen molar-refractivity contribution >= 4 is 17.7 Å². The van der Waals surface area contributed by atoms with E-state index in [2.05, 4.69) is 20.5 Å². The van der Waals surface area contributed by atoms with Crippen molar-refractivity contribution in [3.8, 4) is 17.1 Å². The number of para-hydroxylation sites is 1. The van der Waals surface area contributed by atoms with Crippen LogP contribution in [-0.4, -0.2) is 36.0 Å². The molecule has 9 heteroatoms. The van der Waals surface area contributed by atoms with Crippen LogP contribution in [0.1, 0.15) is 17.4 Å². The maximum absolute atomic E-state index is 14.0. The average Bonchev–Trinajstić information content (AvgIpc) is 3.53. The van der Waals surface area contributed by atoms with Gasteiger partial charge in [0.05, 0.1) is 5.75 Å². The minimum atomic E-state index is -0.597. The summed E-state index contributed by atoms with van der Waals surface area (Å²) in [6, 6.07) is 25.1. The molecule has 5 rings (SSSR count). The zero-order valence-electron chi connectivity index (χ0n) is 19.5. The van der Waals surface area contributed by atoms with Crippen LogP contribution in [0, 0.1) is 5.82 Å². The summed E-state index contributed by atoms with van der Waals surface area (Å²) in [5.41, 5.74) is 2.43. The largest absolute Gasteiger partial charge is 0.341 e. The van der Waals surface area contributed by atoms with Gasteiger partial charge < -0.3 is 9.88 Å². The Bertz CT molecular complexity index is 1470. The lowest BCUT2D eigenvalue weighted by molar-refractivity contribution is -0.119. The van der Waals surface area contributed by atoms with E-state index in [1.54, 1.807) is 29.1 Å². The summed E-state index contributed by atoms with van der Waals surface area (Å²) in [6.07, 6.45) is 3.44. The molecule has 0 aliphatic carbocycles. The van der Waals surface area contributed by atoms with Gasteiger partial charge in [-0.3, -0.25) is 9.36 Å². The Morgan fingerprint density at radius 3 is 2.44 bits per heavy atom. The predicted molar refractivity (Wildman–Crippen MR) is 137 cm³/mol. The number of imidazole rings is 1. The molecule has 0 aliphatic heterocycles. The summed E-state index contributed by atoms with van der Waals surface area (Å²) < 4.78 is 17.7. The summed E-state index contributed by atoms with van der Waals surface area (Å²) in [5.74, 6) is 0.782. The minimum absolute atomic E-state index is 0.0932. The molecule has 0 saturated heterocycles. The Hall–Kier alpha value is -4.24. The number of hydrogen-bond donors (Lipinski definition) is 1. The van der Waals surface area contributed by atoms with Gasteiger partial charge in [-0.25, -0.2) is 9.37 Å². The second-order valence-corrected chi connectivity index (χ2v) is 9.03. The first-order valence-electron chi connectivity index (χ1n) is 11.3. The summed E-state index contributed by atoms with van der Waals surface area (Å²) in [6.45, 7) is 0. The second kappa shape index (κ2) is 10.6. The lowest BCUT2D eigenvalue weighted by Gasteiger charge is -2.19. The number of carbonyl (C=O) groups is 1. The van der Waals surface area contributed by atoms with Gasteiger partial charge in [0.15, 0.2) is 11.0 Å². The van der Waals surface area contributed by atoms with E-state index in [0.717, 1.165) is 11.3 Å². The van der Waals surface area contributed by atoms with Crippen LogP contribution in [0.5, 0.6) is 0 Å². The smallest absolute Gasteiger partial charge is 0.231 e. The maximum Gasteiger partial charge on any atom is 0.231 e. The van der Waals surface area contributed by atoms with Gasteiger partial charge >= 0.3 is 0 Å². The van der Waals surface area contributed by atoms with Crippen molar-refractivity contribution in [2.45, 2.75) is 11.2 Å². The van der Waals surface area contributed by atoms with Crippen LogP contribution in [0.3, 0.4) is 0 Å². The van der Waals surface area contributed by atoms with Crippen molar-refractivity contribution in [2.75, 3.05) is 5.75 Å². The van der Waals surface area contributed by atoms with Gasteiger partial charge in [-0.1, -0.05) is 72.4 Å². The molecule has 36 heavy (non-hydrogen) atoms. The van der Waals surface area contributed by atoms with Gasteiger partial charge in [-0.2, -0.15) is 0 Å². The molecule has 0 fully saturated rings. The monoisotopic (exact) mass is 498 g/mol. The average molecular weight is 499 g/mol. The summed E-state index contributed by atoms with van der Waals surface area (Å²) in [7, 11) is 1.84. The molecular formula is C27H23FN6OS. The number of carbonyl (C=O) groups excluding carboxylic acids is 1. The number of aromatic nitrogens is 5. The van der Waals surface area contributed by atoms with E-state index >= 15 is 0 Å². The van der Waals surface area contributed by atoms with Crippen LogP contribution in [0.15, 0.2) is 102 Å². The van der Waals surface area contributed by atoms with Crippen molar-refractivity contribution in [2.24, 2.45) is 7.05 Å². The number of benzene rings is 3. The number of aryl methyl sites for hydroxylation is 1. The van der Waals surface area contributed by atoms with Gasteiger partial charge in [-0.05, 0) is 29.8 Å². The number of amides is 1. The second-order valence-electron chi connectivity index (χ2n) is 8.08. The normalized spacial score (nSPS) is 11.8. The van der Waals surface area contributed by atoms with Gasteiger partial charge in [0.1, 0.15) is 17.7 Å². The predicted octanol–water partition coefficient (Wildman–Crippen LogP) is 4.80. The molecule has 3 aromatic carbocycles. The Morgan fingerprint density at radius 2 is 1.75 bits per heavy atom. The molecule has 0 saturated carbocycles. The third-order valence-electron chi connectivity index (χ3n) is 5.62. The van der Waals surface area contributed by atoms with E-state index in [-0.39, 0.29) is 17.5 Å². The van der Waals surface area contributed by atoms with Crippen molar-refractivity contribution in [3.05, 3.63) is 115 Å². The number of rotatable bonds is 8. The minimum Gasteiger partial charge on any atom is -0.341 e. The highest BCUT2D eigenvalue weighted by molar-refractivity contribution is 7.99.